The number of halogens is 1. The number of carbonyl (C=O) groups is 1. The Kier molecular flexibility index (Phi) is 5.68. The Morgan fingerprint density at radius 3 is 2.46 bits per heavy atom. The molecule has 0 unspecified atom stereocenters. The maximum atomic E-state index is 13.0. The number of carboxylic acids is 1. The van der Waals surface area contributed by atoms with E-state index in [1.54, 1.807) is 30.5 Å². The molecule has 1 saturated heterocycles. The number of rotatable bonds is 6. The molecule has 138 valence electrons. The number of carboxylic acid groups (broad SMARTS) is 1. The quantitative estimate of drug-likeness (QED) is 0.854. The van der Waals surface area contributed by atoms with E-state index in [1.165, 1.54) is 19.2 Å². The van der Waals surface area contributed by atoms with Crippen LogP contribution in [0.2, 0.25) is 0 Å². The van der Waals surface area contributed by atoms with Crippen LogP contribution in [0.15, 0.2) is 42.6 Å². The highest BCUT2D eigenvalue weighted by atomic mass is 19.1. The van der Waals surface area contributed by atoms with Crippen molar-refractivity contribution in [3.8, 4) is 11.6 Å². The van der Waals surface area contributed by atoms with Crippen molar-refractivity contribution in [3.63, 3.8) is 0 Å². The molecule has 6 nitrogen and oxygen atoms in total. The maximum Gasteiger partial charge on any atom is 0.325 e. The summed E-state index contributed by atoms with van der Waals surface area (Å²) in [5.74, 6) is -0.136. The summed E-state index contributed by atoms with van der Waals surface area (Å²) in [6.45, 7) is 1.18. The molecule has 1 aromatic heterocycles. The average molecular weight is 360 g/mol. The van der Waals surface area contributed by atoms with Gasteiger partial charge in [0.15, 0.2) is 0 Å². The van der Waals surface area contributed by atoms with Gasteiger partial charge in [-0.05, 0) is 48.7 Å². The Morgan fingerprint density at radius 1 is 1.23 bits per heavy atom. The molecule has 1 aliphatic rings. The molecule has 1 N–H and O–H groups in total. The zero-order valence-corrected chi connectivity index (χ0v) is 14.5. The van der Waals surface area contributed by atoms with E-state index in [2.05, 4.69) is 4.98 Å². The Hall–Kier alpha value is -2.67. The van der Waals surface area contributed by atoms with Crippen molar-refractivity contribution in [2.45, 2.75) is 25.0 Å². The number of ether oxygens (including phenoxy) is 2. The Labute approximate surface area is 151 Å². The monoisotopic (exact) mass is 360 g/mol. The number of likely N-dealkylation sites (tertiary alicyclic amines) is 1. The van der Waals surface area contributed by atoms with E-state index < -0.39 is 12.0 Å². The van der Waals surface area contributed by atoms with Crippen molar-refractivity contribution in [1.29, 1.82) is 0 Å². The van der Waals surface area contributed by atoms with Crippen LogP contribution in [0.3, 0.4) is 0 Å². The summed E-state index contributed by atoms with van der Waals surface area (Å²) in [7, 11) is 1.52. The summed E-state index contributed by atoms with van der Waals surface area (Å²) in [4.78, 5) is 17.8. The molecule has 1 aliphatic heterocycles. The second-order valence-electron chi connectivity index (χ2n) is 6.18. The first kappa shape index (κ1) is 18.1. The molecule has 26 heavy (non-hydrogen) atoms. The van der Waals surface area contributed by atoms with Crippen LogP contribution < -0.4 is 9.47 Å². The van der Waals surface area contributed by atoms with E-state index in [9.17, 15) is 14.3 Å². The van der Waals surface area contributed by atoms with Crippen LogP contribution in [-0.4, -0.2) is 47.3 Å². The van der Waals surface area contributed by atoms with Gasteiger partial charge in [0, 0.05) is 25.4 Å². The second kappa shape index (κ2) is 8.14. The first-order chi connectivity index (χ1) is 12.6. The number of nitrogens with zero attached hydrogens (tertiary/aromatic N) is 2. The van der Waals surface area contributed by atoms with Gasteiger partial charge >= 0.3 is 5.97 Å². The van der Waals surface area contributed by atoms with Gasteiger partial charge < -0.3 is 14.6 Å². The van der Waals surface area contributed by atoms with E-state index in [0.29, 0.717) is 43.1 Å². The summed E-state index contributed by atoms with van der Waals surface area (Å²) >= 11 is 0. The number of pyridine rings is 1. The maximum absolute atomic E-state index is 13.0. The summed E-state index contributed by atoms with van der Waals surface area (Å²) < 4.78 is 23.8. The summed E-state index contributed by atoms with van der Waals surface area (Å²) in [6.07, 6.45) is 2.92. The predicted molar refractivity (Wildman–Crippen MR) is 92.8 cm³/mol. The van der Waals surface area contributed by atoms with Gasteiger partial charge in [-0.25, -0.2) is 9.37 Å². The Morgan fingerprint density at radius 2 is 1.92 bits per heavy atom. The van der Waals surface area contributed by atoms with Crippen molar-refractivity contribution in [3.05, 3.63) is 54.0 Å². The van der Waals surface area contributed by atoms with E-state index in [-0.39, 0.29) is 11.9 Å². The van der Waals surface area contributed by atoms with Crippen LogP contribution in [-0.2, 0) is 4.79 Å². The molecule has 0 saturated carbocycles. The van der Waals surface area contributed by atoms with Crippen LogP contribution in [0.5, 0.6) is 11.6 Å². The van der Waals surface area contributed by atoms with Gasteiger partial charge in [0.1, 0.15) is 23.7 Å². The van der Waals surface area contributed by atoms with Gasteiger partial charge in [-0.15, -0.1) is 0 Å². The van der Waals surface area contributed by atoms with Crippen molar-refractivity contribution < 1.29 is 23.8 Å². The molecular weight excluding hydrogens is 339 g/mol. The van der Waals surface area contributed by atoms with Crippen LogP contribution in [0.4, 0.5) is 4.39 Å². The highest BCUT2D eigenvalue weighted by molar-refractivity contribution is 5.75. The third kappa shape index (κ3) is 4.29. The van der Waals surface area contributed by atoms with Crippen molar-refractivity contribution in [2.75, 3.05) is 20.2 Å². The van der Waals surface area contributed by atoms with Gasteiger partial charge in [0.05, 0.1) is 7.11 Å². The molecule has 1 fully saturated rings. The fraction of sp³-hybridized carbons (Fsp3) is 0.368. The Balaban J connectivity index is 1.62. The van der Waals surface area contributed by atoms with Crippen LogP contribution >= 0.6 is 0 Å². The SMILES string of the molecule is COc1ccc([C@@H](C(=O)O)N2CCC(Oc3ccc(F)cc3)CC2)cn1. The molecule has 0 amide bonds. The third-order valence-corrected chi connectivity index (χ3v) is 4.48. The standard InChI is InChI=1S/C19H21FN2O4/c1-25-17-7-2-13(12-21-17)18(19(23)24)22-10-8-16(9-11-22)26-15-5-3-14(20)4-6-15/h2-7,12,16,18H,8-11H2,1H3,(H,23,24)/t18-/m0/s1. The molecular formula is C19H21FN2O4. The van der Waals surface area contributed by atoms with Gasteiger partial charge in [-0.2, -0.15) is 0 Å². The minimum absolute atomic E-state index is 0.0138. The number of hydrogen-bond acceptors (Lipinski definition) is 5. The smallest absolute Gasteiger partial charge is 0.325 e. The summed E-state index contributed by atoms with van der Waals surface area (Å²) in [5, 5.41) is 9.67. The minimum atomic E-state index is -0.908. The number of hydrogen-bond donors (Lipinski definition) is 1. The first-order valence-corrected chi connectivity index (χ1v) is 8.46. The summed E-state index contributed by atoms with van der Waals surface area (Å²) in [5.41, 5.74) is 0.621. The highest BCUT2D eigenvalue weighted by Gasteiger charge is 2.31. The number of aliphatic carboxylic acids is 1. The van der Waals surface area contributed by atoms with Crippen molar-refractivity contribution in [1.82, 2.24) is 9.88 Å². The van der Waals surface area contributed by atoms with E-state index in [4.69, 9.17) is 9.47 Å². The fourth-order valence-corrected chi connectivity index (χ4v) is 3.14. The Bertz CT molecular complexity index is 728. The lowest BCUT2D eigenvalue weighted by Crippen LogP contribution is -2.43. The zero-order valence-electron chi connectivity index (χ0n) is 14.5. The first-order valence-electron chi connectivity index (χ1n) is 8.46. The van der Waals surface area contributed by atoms with Crippen LogP contribution in [0.1, 0.15) is 24.4 Å². The molecule has 0 radical (unpaired) electrons. The van der Waals surface area contributed by atoms with Crippen LogP contribution in [0, 0.1) is 5.82 Å². The minimum Gasteiger partial charge on any atom is -0.490 e. The number of benzene rings is 1. The van der Waals surface area contributed by atoms with Gasteiger partial charge in [-0.3, -0.25) is 9.69 Å². The van der Waals surface area contributed by atoms with Gasteiger partial charge in [0.2, 0.25) is 5.88 Å². The lowest BCUT2D eigenvalue weighted by Gasteiger charge is -2.35. The fourth-order valence-electron chi connectivity index (χ4n) is 3.14. The topological polar surface area (TPSA) is 71.9 Å². The number of methoxy groups -OCH3 is 1. The van der Waals surface area contributed by atoms with Gasteiger partial charge in [0.25, 0.3) is 0 Å². The number of piperidine rings is 1. The zero-order chi connectivity index (χ0) is 18.5. The average Bonchev–Trinajstić information content (AvgIpc) is 2.65. The highest BCUT2D eigenvalue weighted by Crippen LogP contribution is 2.27. The largest absolute Gasteiger partial charge is 0.490 e. The molecule has 1 aromatic carbocycles. The van der Waals surface area contributed by atoms with Crippen LogP contribution in [0.25, 0.3) is 0 Å². The molecule has 0 aliphatic carbocycles. The third-order valence-electron chi connectivity index (χ3n) is 4.48. The summed E-state index contributed by atoms with van der Waals surface area (Å²) in [6, 6.07) is 8.57. The van der Waals surface area contributed by atoms with E-state index >= 15 is 0 Å². The lowest BCUT2D eigenvalue weighted by atomic mass is 10.0. The molecule has 2 aromatic rings. The molecule has 0 spiro atoms. The molecule has 2 heterocycles. The van der Waals surface area contributed by atoms with E-state index in [1.807, 2.05) is 4.90 Å². The predicted octanol–water partition coefficient (Wildman–Crippen LogP) is 2.90. The number of aromatic nitrogens is 1. The molecule has 0 bridgehead atoms. The van der Waals surface area contributed by atoms with Gasteiger partial charge in [-0.1, -0.05) is 0 Å². The molecule has 3 rings (SSSR count). The van der Waals surface area contributed by atoms with Crippen molar-refractivity contribution in [2.24, 2.45) is 0 Å². The normalized spacial score (nSPS) is 16.8. The van der Waals surface area contributed by atoms with Crippen molar-refractivity contribution >= 4 is 5.97 Å². The van der Waals surface area contributed by atoms with E-state index in [0.717, 1.165) is 0 Å². The lowest BCUT2D eigenvalue weighted by molar-refractivity contribution is -0.144. The molecule has 7 heteroatoms. The second-order valence-corrected chi connectivity index (χ2v) is 6.18. The molecule has 1 atom stereocenters.